The molecule has 4 aromatic heterocycles. The van der Waals surface area contributed by atoms with Gasteiger partial charge in [0, 0.05) is 41.8 Å². The van der Waals surface area contributed by atoms with Crippen molar-refractivity contribution >= 4 is 27.3 Å². The molecule has 0 aromatic carbocycles. The van der Waals surface area contributed by atoms with E-state index in [1.54, 1.807) is 36.7 Å². The summed E-state index contributed by atoms with van der Waals surface area (Å²) < 4.78 is 65.2. The van der Waals surface area contributed by atoms with Gasteiger partial charge in [-0.25, -0.2) is 37.1 Å². The van der Waals surface area contributed by atoms with E-state index in [4.69, 9.17) is 0 Å². The molecule has 4 heterocycles. The first kappa shape index (κ1) is 29.0. The summed E-state index contributed by atoms with van der Waals surface area (Å²) in [4.78, 5) is 17.3. The number of pyridine rings is 2. The highest BCUT2D eigenvalue weighted by molar-refractivity contribution is 7.90. The number of nitrogens with one attached hydrogen (secondary N) is 3. The Bertz CT molecular complexity index is 1690. The van der Waals surface area contributed by atoms with E-state index in [0.29, 0.717) is 52.8 Å². The first-order valence-electron chi connectivity index (χ1n) is 14.0. The van der Waals surface area contributed by atoms with Crippen molar-refractivity contribution in [2.75, 3.05) is 17.2 Å². The number of hydrogen-bond acceptors (Lipinski definition) is 10. The quantitative estimate of drug-likeness (QED) is 0.206. The van der Waals surface area contributed by atoms with Crippen LogP contribution in [0.3, 0.4) is 0 Å². The van der Waals surface area contributed by atoms with Crippen LogP contribution in [0.4, 0.5) is 30.5 Å². The molecule has 4 aromatic rings. The van der Waals surface area contributed by atoms with E-state index in [1.807, 2.05) is 0 Å². The summed E-state index contributed by atoms with van der Waals surface area (Å²) in [6.07, 6.45) is 7.86. The maximum absolute atomic E-state index is 14.0. The molecule has 0 spiro atoms. The zero-order chi connectivity index (χ0) is 30.0. The van der Waals surface area contributed by atoms with Gasteiger partial charge in [-0.2, -0.15) is 13.6 Å². The van der Waals surface area contributed by atoms with Crippen molar-refractivity contribution in [1.29, 1.82) is 0 Å². The van der Waals surface area contributed by atoms with Crippen LogP contribution in [0.2, 0.25) is 0 Å². The fourth-order valence-corrected chi connectivity index (χ4v) is 6.58. The topological polar surface area (TPSA) is 140 Å². The van der Waals surface area contributed by atoms with Gasteiger partial charge in [0.2, 0.25) is 5.95 Å². The second kappa shape index (κ2) is 12.2. The van der Waals surface area contributed by atoms with Crippen molar-refractivity contribution < 1.29 is 21.6 Å². The van der Waals surface area contributed by atoms with Crippen LogP contribution in [0.15, 0.2) is 55.1 Å². The molecule has 15 heteroatoms. The Balaban J connectivity index is 1.21. The molecule has 226 valence electrons. The predicted octanol–water partition coefficient (Wildman–Crippen LogP) is 4.60. The average molecular weight is 614 g/mol. The number of rotatable bonds is 11. The molecule has 0 aliphatic heterocycles. The van der Waals surface area contributed by atoms with Crippen molar-refractivity contribution in [3.8, 4) is 22.6 Å². The average Bonchev–Trinajstić information content (AvgIpc) is 3.74. The molecule has 0 unspecified atom stereocenters. The Morgan fingerprint density at radius 1 is 0.953 bits per heavy atom. The minimum atomic E-state index is -3.51. The second-order valence-electron chi connectivity index (χ2n) is 10.7. The third-order valence-corrected chi connectivity index (χ3v) is 9.51. The first-order chi connectivity index (χ1) is 20.7. The molecule has 2 saturated carbocycles. The minimum Gasteiger partial charge on any atom is -0.382 e. The van der Waals surface area contributed by atoms with Crippen LogP contribution in [-0.2, 0) is 10.0 Å². The molecule has 0 bridgehead atoms. The third kappa shape index (κ3) is 6.94. The number of hydrogen-bond donors (Lipinski definition) is 3. The lowest BCUT2D eigenvalue weighted by Crippen LogP contribution is -2.39. The Morgan fingerprint density at radius 2 is 1.74 bits per heavy atom. The van der Waals surface area contributed by atoms with Crippen molar-refractivity contribution in [3.05, 3.63) is 61.1 Å². The summed E-state index contributed by atoms with van der Waals surface area (Å²) in [6.45, 7) is -0.315. The van der Waals surface area contributed by atoms with Gasteiger partial charge in [-0.3, -0.25) is 0 Å². The van der Waals surface area contributed by atoms with Crippen molar-refractivity contribution in [3.63, 3.8) is 0 Å². The summed E-state index contributed by atoms with van der Waals surface area (Å²) >= 11 is 0. The zero-order valence-electron chi connectivity index (χ0n) is 23.0. The van der Waals surface area contributed by atoms with Crippen LogP contribution in [0.25, 0.3) is 22.6 Å². The summed E-state index contributed by atoms with van der Waals surface area (Å²) in [5, 5.41) is 13.2. The molecule has 0 atom stereocenters. The Labute approximate surface area is 246 Å². The summed E-state index contributed by atoms with van der Waals surface area (Å²) in [7, 11) is -3.51. The lowest BCUT2D eigenvalue weighted by atomic mass is 9.90. The Kier molecular flexibility index (Phi) is 8.25. The van der Waals surface area contributed by atoms with Crippen LogP contribution in [0.5, 0.6) is 0 Å². The zero-order valence-corrected chi connectivity index (χ0v) is 23.8. The van der Waals surface area contributed by atoms with E-state index in [1.165, 1.54) is 18.5 Å². The smallest absolute Gasteiger partial charge is 0.256 e. The van der Waals surface area contributed by atoms with E-state index in [0.717, 1.165) is 29.8 Å². The third-order valence-electron chi connectivity index (χ3n) is 7.48. The van der Waals surface area contributed by atoms with Crippen LogP contribution in [0.1, 0.15) is 38.5 Å². The summed E-state index contributed by atoms with van der Waals surface area (Å²) in [5.74, 6) is 0.548. The van der Waals surface area contributed by atoms with Gasteiger partial charge in [-0.15, -0.1) is 0 Å². The molecule has 0 radical (unpaired) electrons. The van der Waals surface area contributed by atoms with Gasteiger partial charge in [0.05, 0.1) is 35.4 Å². The van der Waals surface area contributed by atoms with Crippen molar-refractivity contribution in [2.45, 2.75) is 62.3 Å². The van der Waals surface area contributed by atoms with Crippen LogP contribution in [0, 0.1) is 5.95 Å². The minimum absolute atomic E-state index is 0.0407. The Morgan fingerprint density at radius 3 is 2.49 bits per heavy atom. The molecule has 2 fully saturated rings. The van der Waals surface area contributed by atoms with Gasteiger partial charge in [-0.05, 0) is 56.7 Å². The van der Waals surface area contributed by atoms with E-state index in [-0.39, 0.29) is 18.6 Å². The van der Waals surface area contributed by atoms with E-state index in [9.17, 15) is 21.6 Å². The molecule has 43 heavy (non-hydrogen) atoms. The second-order valence-corrected chi connectivity index (χ2v) is 12.8. The molecule has 11 nitrogen and oxygen atoms in total. The van der Waals surface area contributed by atoms with Crippen molar-refractivity contribution in [1.82, 2.24) is 34.4 Å². The van der Waals surface area contributed by atoms with E-state index < -0.39 is 27.6 Å². The fraction of sp³-hybridized carbons (Fsp3) is 0.393. The normalized spacial score (nSPS) is 19.0. The molecule has 0 amide bonds. The van der Waals surface area contributed by atoms with Gasteiger partial charge in [0.1, 0.15) is 11.6 Å². The number of halogens is 3. The molecule has 2 aliphatic carbocycles. The van der Waals surface area contributed by atoms with Crippen LogP contribution < -0.4 is 16.0 Å². The van der Waals surface area contributed by atoms with Gasteiger partial charge in [-0.1, -0.05) is 6.07 Å². The highest BCUT2D eigenvalue weighted by Crippen LogP contribution is 2.33. The highest BCUT2D eigenvalue weighted by atomic mass is 32.2. The van der Waals surface area contributed by atoms with Gasteiger partial charge in [0.25, 0.3) is 16.4 Å². The molecule has 3 N–H and O–H groups in total. The van der Waals surface area contributed by atoms with Gasteiger partial charge in [0.15, 0.2) is 5.82 Å². The highest BCUT2D eigenvalue weighted by Gasteiger charge is 2.37. The molecule has 2 aliphatic rings. The monoisotopic (exact) mass is 613 g/mol. The van der Waals surface area contributed by atoms with Gasteiger partial charge >= 0.3 is 0 Å². The van der Waals surface area contributed by atoms with Crippen LogP contribution in [-0.4, -0.2) is 67.8 Å². The number of alkyl halides is 2. The summed E-state index contributed by atoms with van der Waals surface area (Å²) in [6, 6.07) is 8.09. The maximum Gasteiger partial charge on any atom is 0.256 e. The van der Waals surface area contributed by atoms with Crippen LogP contribution >= 0.6 is 0 Å². The lowest BCUT2D eigenvalue weighted by molar-refractivity contribution is 0.137. The number of aromatic nitrogens is 6. The SMILES string of the molecule is O=S(=O)(C1CC1)n1cc(-c2nccc(Nc3cc(NC4CCC(NCC(F)F)CC4)c(-c4cccc(F)n4)cn3)n2)cn1. The molecular formula is C28H30F3N9O2S. The van der Waals surface area contributed by atoms with E-state index in [2.05, 4.69) is 41.0 Å². The lowest BCUT2D eigenvalue weighted by Gasteiger charge is -2.31. The molecular weight excluding hydrogens is 583 g/mol. The number of anilines is 3. The predicted molar refractivity (Wildman–Crippen MR) is 155 cm³/mol. The van der Waals surface area contributed by atoms with E-state index >= 15 is 0 Å². The van der Waals surface area contributed by atoms with Crippen molar-refractivity contribution in [2.24, 2.45) is 0 Å². The first-order valence-corrected chi connectivity index (χ1v) is 15.6. The fourth-order valence-electron chi connectivity index (χ4n) is 5.10. The summed E-state index contributed by atoms with van der Waals surface area (Å²) in [5.41, 5.74) is 2.15. The largest absolute Gasteiger partial charge is 0.382 e. The molecule has 6 rings (SSSR count). The number of nitrogens with zero attached hydrogens (tertiary/aromatic N) is 6. The Hall–Kier alpha value is -4.11. The standard InChI is InChI=1S/C28H30F3N9O2S/c29-24(30)15-33-18-4-6-19(7-5-18)36-23-12-27(34-14-21(23)22-2-1-3-25(31)37-22)38-26-10-11-32-28(39-26)17-13-35-40(16-17)43(41,42)20-8-9-20/h1-3,10-14,16,18-20,24,33H,4-9,15H2,(H2,32,34,36,38,39). The molecule has 0 saturated heterocycles. The maximum atomic E-state index is 14.0. The van der Waals surface area contributed by atoms with Gasteiger partial charge < -0.3 is 16.0 Å².